The van der Waals surface area contributed by atoms with E-state index in [0.29, 0.717) is 0 Å². The van der Waals surface area contributed by atoms with Crippen molar-refractivity contribution in [3.8, 4) is 0 Å². The molecule has 2 rings (SSSR count). The molecule has 106 valence electrons. The maximum absolute atomic E-state index is 2.78. The number of piperidine rings is 1. The Morgan fingerprint density at radius 3 is 2.89 bits per heavy atom. The Morgan fingerprint density at radius 1 is 1.28 bits per heavy atom. The molecule has 2 saturated heterocycles. The highest BCUT2D eigenvalue weighted by atomic mass is 32.2. The quantitative estimate of drug-likeness (QED) is 0.709. The molecule has 0 aromatic carbocycles. The minimum Gasteiger partial charge on any atom is -0.298 e. The molecule has 2 heterocycles. The third-order valence-electron chi connectivity index (χ3n) is 4.69. The van der Waals surface area contributed by atoms with Gasteiger partial charge in [0.25, 0.3) is 0 Å². The topological polar surface area (TPSA) is 6.48 Å². The number of piperazine rings is 1. The summed E-state index contributed by atoms with van der Waals surface area (Å²) in [5.74, 6) is 2.59. The first-order valence-corrected chi connectivity index (χ1v) is 8.95. The molecule has 0 saturated carbocycles. The summed E-state index contributed by atoms with van der Waals surface area (Å²) in [6, 6.07) is 2.38. The molecular formula is C15H30N2S. The molecule has 3 unspecified atom stereocenters. The van der Waals surface area contributed by atoms with Crippen LogP contribution in [0, 0.1) is 0 Å². The predicted octanol–water partition coefficient (Wildman–Crippen LogP) is 3.08. The van der Waals surface area contributed by atoms with Crippen molar-refractivity contribution in [2.45, 2.75) is 64.6 Å². The van der Waals surface area contributed by atoms with E-state index < -0.39 is 0 Å². The first kappa shape index (κ1) is 14.7. The first-order chi connectivity index (χ1) is 8.72. The zero-order valence-electron chi connectivity index (χ0n) is 12.4. The van der Waals surface area contributed by atoms with Crippen LogP contribution in [-0.4, -0.2) is 59.1 Å². The minimum atomic E-state index is 0.751. The van der Waals surface area contributed by atoms with E-state index in [1.54, 1.807) is 0 Å². The second-order valence-electron chi connectivity index (χ2n) is 6.02. The summed E-state index contributed by atoms with van der Waals surface area (Å²) in [5.41, 5.74) is 0. The SMILES string of the molecule is CCSCCC(C)N1CC2CCCCN2CC1C. The average molecular weight is 270 g/mol. The van der Waals surface area contributed by atoms with E-state index in [2.05, 4.69) is 42.3 Å². The van der Waals surface area contributed by atoms with Crippen LogP contribution < -0.4 is 0 Å². The van der Waals surface area contributed by atoms with E-state index in [1.807, 2.05) is 0 Å². The summed E-state index contributed by atoms with van der Waals surface area (Å²) >= 11 is 2.09. The molecule has 0 bridgehead atoms. The van der Waals surface area contributed by atoms with Gasteiger partial charge in [0.15, 0.2) is 0 Å². The summed E-state index contributed by atoms with van der Waals surface area (Å²) in [7, 11) is 0. The summed E-state index contributed by atoms with van der Waals surface area (Å²) in [6.45, 7) is 11.1. The van der Waals surface area contributed by atoms with Crippen molar-refractivity contribution < 1.29 is 0 Å². The van der Waals surface area contributed by atoms with Gasteiger partial charge in [-0.15, -0.1) is 0 Å². The molecule has 0 aliphatic carbocycles. The van der Waals surface area contributed by atoms with E-state index in [9.17, 15) is 0 Å². The van der Waals surface area contributed by atoms with Crippen LogP contribution in [0.1, 0.15) is 46.5 Å². The van der Waals surface area contributed by atoms with Crippen molar-refractivity contribution in [2.75, 3.05) is 31.1 Å². The predicted molar refractivity (Wildman–Crippen MR) is 82.5 cm³/mol. The molecule has 0 aromatic rings. The van der Waals surface area contributed by atoms with Crippen LogP contribution in [0.25, 0.3) is 0 Å². The molecule has 18 heavy (non-hydrogen) atoms. The normalized spacial score (nSPS) is 32.2. The highest BCUT2D eigenvalue weighted by molar-refractivity contribution is 7.99. The lowest BCUT2D eigenvalue weighted by Crippen LogP contribution is -2.60. The number of rotatable bonds is 5. The van der Waals surface area contributed by atoms with Crippen molar-refractivity contribution in [1.29, 1.82) is 0 Å². The summed E-state index contributed by atoms with van der Waals surface area (Å²) < 4.78 is 0. The van der Waals surface area contributed by atoms with Gasteiger partial charge in [-0.1, -0.05) is 13.3 Å². The zero-order chi connectivity index (χ0) is 13.0. The van der Waals surface area contributed by atoms with Crippen molar-refractivity contribution >= 4 is 11.8 Å². The van der Waals surface area contributed by atoms with Gasteiger partial charge in [0.05, 0.1) is 0 Å². The highest BCUT2D eigenvalue weighted by Crippen LogP contribution is 2.26. The fraction of sp³-hybridized carbons (Fsp3) is 1.00. The zero-order valence-corrected chi connectivity index (χ0v) is 13.2. The molecule has 0 amide bonds. The number of thioether (sulfide) groups is 1. The van der Waals surface area contributed by atoms with Gasteiger partial charge in [0, 0.05) is 31.2 Å². The maximum Gasteiger partial charge on any atom is 0.0224 e. The van der Waals surface area contributed by atoms with Gasteiger partial charge in [0.2, 0.25) is 0 Å². The Morgan fingerprint density at radius 2 is 2.11 bits per heavy atom. The van der Waals surface area contributed by atoms with Crippen LogP contribution in [0.5, 0.6) is 0 Å². The lowest BCUT2D eigenvalue weighted by molar-refractivity contribution is -0.00442. The molecule has 2 fully saturated rings. The van der Waals surface area contributed by atoms with Gasteiger partial charge < -0.3 is 0 Å². The maximum atomic E-state index is 2.78. The molecule has 2 nitrogen and oxygen atoms in total. The summed E-state index contributed by atoms with van der Waals surface area (Å²) in [4.78, 5) is 5.53. The van der Waals surface area contributed by atoms with E-state index in [4.69, 9.17) is 0 Å². The van der Waals surface area contributed by atoms with Crippen LogP contribution in [0.4, 0.5) is 0 Å². The Hall–Kier alpha value is 0.270. The average Bonchev–Trinajstić information content (AvgIpc) is 2.38. The fourth-order valence-electron chi connectivity index (χ4n) is 3.55. The Labute approximate surface area is 117 Å². The molecule has 2 aliphatic heterocycles. The number of hydrogen-bond acceptors (Lipinski definition) is 3. The van der Waals surface area contributed by atoms with Gasteiger partial charge in [-0.2, -0.15) is 11.8 Å². The Kier molecular flexibility index (Phi) is 5.84. The fourth-order valence-corrected chi connectivity index (χ4v) is 4.35. The van der Waals surface area contributed by atoms with Gasteiger partial charge in [-0.05, 0) is 51.2 Å². The lowest BCUT2D eigenvalue weighted by atomic mass is 9.96. The Bertz CT molecular complexity index is 247. The van der Waals surface area contributed by atoms with Gasteiger partial charge in [-0.25, -0.2) is 0 Å². The van der Waals surface area contributed by atoms with Crippen LogP contribution in [-0.2, 0) is 0 Å². The molecule has 3 heteroatoms. The van der Waals surface area contributed by atoms with Crippen molar-refractivity contribution in [1.82, 2.24) is 9.80 Å². The van der Waals surface area contributed by atoms with Crippen LogP contribution in [0.2, 0.25) is 0 Å². The third-order valence-corrected chi connectivity index (χ3v) is 5.62. The van der Waals surface area contributed by atoms with E-state index in [0.717, 1.165) is 18.1 Å². The third kappa shape index (κ3) is 3.64. The molecule has 0 aromatic heterocycles. The second kappa shape index (κ2) is 7.16. The van der Waals surface area contributed by atoms with Crippen molar-refractivity contribution in [2.24, 2.45) is 0 Å². The highest BCUT2D eigenvalue weighted by Gasteiger charge is 2.34. The van der Waals surface area contributed by atoms with E-state index >= 15 is 0 Å². The molecule has 0 radical (unpaired) electrons. The number of fused-ring (bicyclic) bond motifs is 1. The standard InChI is InChI=1S/C15H30N2S/c1-4-18-10-8-13(2)17-12-15-7-5-6-9-16(15)11-14(17)3/h13-15H,4-12H2,1-3H3. The van der Waals surface area contributed by atoms with Crippen molar-refractivity contribution in [3.05, 3.63) is 0 Å². The number of hydrogen-bond donors (Lipinski definition) is 0. The number of nitrogens with zero attached hydrogens (tertiary/aromatic N) is 2. The molecule has 0 spiro atoms. The smallest absolute Gasteiger partial charge is 0.0224 e. The second-order valence-corrected chi connectivity index (χ2v) is 7.42. The van der Waals surface area contributed by atoms with Gasteiger partial charge >= 0.3 is 0 Å². The molecule has 0 N–H and O–H groups in total. The molecular weight excluding hydrogens is 240 g/mol. The van der Waals surface area contributed by atoms with Crippen LogP contribution in [0.15, 0.2) is 0 Å². The summed E-state index contributed by atoms with van der Waals surface area (Å²) in [5, 5.41) is 0. The van der Waals surface area contributed by atoms with Crippen molar-refractivity contribution in [3.63, 3.8) is 0 Å². The van der Waals surface area contributed by atoms with Crippen LogP contribution in [0.3, 0.4) is 0 Å². The Balaban J connectivity index is 1.84. The van der Waals surface area contributed by atoms with Gasteiger partial charge in [-0.3, -0.25) is 9.80 Å². The largest absolute Gasteiger partial charge is 0.298 e. The summed E-state index contributed by atoms with van der Waals surface area (Å²) in [6.07, 6.45) is 5.66. The monoisotopic (exact) mass is 270 g/mol. The van der Waals surface area contributed by atoms with E-state index in [-0.39, 0.29) is 0 Å². The van der Waals surface area contributed by atoms with Gasteiger partial charge in [0.1, 0.15) is 0 Å². The lowest BCUT2D eigenvalue weighted by Gasteiger charge is -2.49. The molecule has 3 atom stereocenters. The van der Waals surface area contributed by atoms with E-state index in [1.165, 1.54) is 56.8 Å². The van der Waals surface area contributed by atoms with Crippen LogP contribution >= 0.6 is 11.8 Å². The minimum absolute atomic E-state index is 0.751. The molecule has 2 aliphatic rings. The first-order valence-electron chi connectivity index (χ1n) is 7.80.